The number of unbranched alkanes of at least 4 members (excludes halogenated alkanes) is 3. The molecule has 0 bridgehead atoms. The molecule has 3 nitrogen and oxygen atoms in total. The SMILES string of the molecule is CCCCCCNn1c(=S)c(CC)cc2cccnc21. The van der Waals surface area contributed by atoms with Crippen molar-refractivity contribution in [2.75, 3.05) is 12.0 Å². The van der Waals surface area contributed by atoms with Crippen molar-refractivity contribution in [2.24, 2.45) is 0 Å². The highest BCUT2D eigenvalue weighted by molar-refractivity contribution is 7.71. The second-order valence-corrected chi connectivity index (χ2v) is 5.44. The number of hydrogen-bond donors (Lipinski definition) is 1. The highest BCUT2D eigenvalue weighted by Crippen LogP contribution is 2.15. The van der Waals surface area contributed by atoms with Crippen molar-refractivity contribution in [2.45, 2.75) is 46.0 Å². The average molecular weight is 289 g/mol. The zero-order valence-corrected chi connectivity index (χ0v) is 13.2. The molecule has 0 saturated carbocycles. The lowest BCUT2D eigenvalue weighted by Crippen LogP contribution is -2.19. The first-order valence-corrected chi connectivity index (χ1v) is 7.92. The van der Waals surface area contributed by atoms with E-state index in [-0.39, 0.29) is 0 Å². The number of hydrogen-bond acceptors (Lipinski definition) is 3. The Morgan fingerprint density at radius 3 is 2.85 bits per heavy atom. The topological polar surface area (TPSA) is 29.9 Å². The van der Waals surface area contributed by atoms with Gasteiger partial charge in [0.25, 0.3) is 0 Å². The lowest BCUT2D eigenvalue weighted by molar-refractivity contribution is 0.661. The molecule has 0 spiro atoms. The first-order chi connectivity index (χ1) is 9.77. The molecule has 0 atom stereocenters. The van der Waals surface area contributed by atoms with Crippen molar-refractivity contribution in [3.05, 3.63) is 34.6 Å². The van der Waals surface area contributed by atoms with Gasteiger partial charge in [-0.15, -0.1) is 0 Å². The van der Waals surface area contributed by atoms with E-state index in [1.807, 2.05) is 16.9 Å². The maximum absolute atomic E-state index is 5.58. The zero-order chi connectivity index (χ0) is 14.4. The van der Waals surface area contributed by atoms with Gasteiger partial charge >= 0.3 is 0 Å². The fourth-order valence-corrected chi connectivity index (χ4v) is 2.70. The smallest absolute Gasteiger partial charge is 0.159 e. The summed E-state index contributed by atoms with van der Waals surface area (Å²) in [5.74, 6) is 0. The van der Waals surface area contributed by atoms with Crippen LogP contribution in [0.1, 0.15) is 45.1 Å². The van der Waals surface area contributed by atoms with E-state index in [1.165, 1.54) is 31.2 Å². The van der Waals surface area contributed by atoms with Gasteiger partial charge in [0.05, 0.1) is 0 Å². The summed E-state index contributed by atoms with van der Waals surface area (Å²) in [7, 11) is 0. The number of nitrogens with one attached hydrogen (secondary N) is 1. The van der Waals surface area contributed by atoms with Crippen LogP contribution < -0.4 is 5.43 Å². The molecule has 4 heteroatoms. The molecule has 0 aliphatic heterocycles. The molecule has 2 aromatic heterocycles. The highest BCUT2D eigenvalue weighted by Gasteiger charge is 2.05. The normalized spacial score (nSPS) is 10.9. The number of fused-ring (bicyclic) bond motifs is 1. The van der Waals surface area contributed by atoms with E-state index < -0.39 is 0 Å². The van der Waals surface area contributed by atoms with Crippen molar-refractivity contribution >= 4 is 23.3 Å². The van der Waals surface area contributed by atoms with Gasteiger partial charge in [0.15, 0.2) is 5.65 Å². The second kappa shape index (κ2) is 7.39. The summed E-state index contributed by atoms with van der Waals surface area (Å²) in [5, 5.41) is 1.14. The standard InChI is InChI=1S/C16H23N3S/c1-3-5-6-7-11-18-19-15-14(9-8-10-17-15)12-13(4-2)16(19)20/h8-10,12,18H,3-7,11H2,1-2H3. The maximum Gasteiger partial charge on any atom is 0.159 e. The predicted octanol–water partition coefficient (Wildman–Crippen LogP) is 4.45. The summed E-state index contributed by atoms with van der Waals surface area (Å²) >= 11 is 5.58. The van der Waals surface area contributed by atoms with Crippen LogP contribution in [0.5, 0.6) is 0 Å². The molecule has 2 rings (SSSR count). The van der Waals surface area contributed by atoms with E-state index in [4.69, 9.17) is 12.2 Å². The van der Waals surface area contributed by atoms with Crippen molar-refractivity contribution in [1.29, 1.82) is 0 Å². The molecule has 0 unspecified atom stereocenters. The highest BCUT2D eigenvalue weighted by atomic mass is 32.1. The fraction of sp³-hybridized carbons (Fsp3) is 0.500. The molecule has 2 aromatic rings. The van der Waals surface area contributed by atoms with Gasteiger partial charge in [-0.25, -0.2) is 9.66 Å². The lowest BCUT2D eigenvalue weighted by Gasteiger charge is -2.15. The molecule has 0 aliphatic carbocycles. The van der Waals surface area contributed by atoms with Crippen LogP contribution in [0.25, 0.3) is 11.0 Å². The molecule has 2 heterocycles. The second-order valence-electron chi connectivity index (χ2n) is 5.05. The lowest BCUT2D eigenvalue weighted by atomic mass is 10.2. The van der Waals surface area contributed by atoms with Gasteiger partial charge in [0.2, 0.25) is 0 Å². The minimum absolute atomic E-state index is 0.856. The molecule has 0 aliphatic rings. The Hall–Kier alpha value is -1.42. The minimum Gasteiger partial charge on any atom is -0.323 e. The van der Waals surface area contributed by atoms with Crippen LogP contribution in [0.15, 0.2) is 24.4 Å². The summed E-state index contributed by atoms with van der Waals surface area (Å²) in [5.41, 5.74) is 5.56. The first kappa shape index (κ1) is 15.0. The fourth-order valence-electron chi connectivity index (χ4n) is 2.34. The van der Waals surface area contributed by atoms with Gasteiger partial charge in [-0.2, -0.15) is 0 Å². The number of rotatable bonds is 7. The van der Waals surface area contributed by atoms with Crippen LogP contribution in [0, 0.1) is 4.64 Å². The molecule has 0 saturated heterocycles. The van der Waals surface area contributed by atoms with Crippen molar-refractivity contribution in [3.8, 4) is 0 Å². The number of aryl methyl sites for hydroxylation is 1. The first-order valence-electron chi connectivity index (χ1n) is 7.51. The Kier molecular flexibility index (Phi) is 5.53. The van der Waals surface area contributed by atoms with Crippen LogP contribution in [-0.4, -0.2) is 16.2 Å². The van der Waals surface area contributed by atoms with E-state index in [1.54, 1.807) is 0 Å². The third-order valence-corrected chi connectivity index (χ3v) is 3.96. The van der Waals surface area contributed by atoms with Gasteiger partial charge in [-0.05, 0) is 36.6 Å². The van der Waals surface area contributed by atoms with Crippen LogP contribution in [0.4, 0.5) is 0 Å². The van der Waals surface area contributed by atoms with Crippen molar-refractivity contribution < 1.29 is 0 Å². The molecular weight excluding hydrogens is 266 g/mol. The summed E-state index contributed by atoms with van der Waals surface area (Å²) in [6.07, 6.45) is 7.74. The Bertz CT molecular complexity index is 619. The third-order valence-electron chi connectivity index (χ3n) is 3.52. The average Bonchev–Trinajstić information content (AvgIpc) is 2.48. The number of pyridine rings is 2. The molecule has 1 N–H and O–H groups in total. The predicted molar refractivity (Wildman–Crippen MR) is 88.3 cm³/mol. The Balaban J connectivity index is 2.25. The van der Waals surface area contributed by atoms with Gasteiger partial charge < -0.3 is 5.43 Å². The monoisotopic (exact) mass is 289 g/mol. The quantitative estimate of drug-likeness (QED) is 0.603. The molecular formula is C16H23N3S. The summed E-state index contributed by atoms with van der Waals surface area (Å²) in [6, 6.07) is 6.21. The van der Waals surface area contributed by atoms with Gasteiger partial charge in [0, 0.05) is 18.1 Å². The largest absolute Gasteiger partial charge is 0.323 e. The molecule has 0 fully saturated rings. The number of aromatic nitrogens is 2. The molecule has 0 aromatic carbocycles. The van der Waals surface area contributed by atoms with Crippen LogP contribution in [0.2, 0.25) is 0 Å². The third kappa shape index (κ3) is 3.37. The molecule has 0 amide bonds. The van der Waals surface area contributed by atoms with Crippen LogP contribution >= 0.6 is 12.2 Å². The van der Waals surface area contributed by atoms with E-state index in [0.29, 0.717) is 0 Å². The minimum atomic E-state index is 0.856. The van der Waals surface area contributed by atoms with E-state index in [0.717, 1.165) is 28.6 Å². The van der Waals surface area contributed by atoms with Gasteiger partial charge in [-0.3, -0.25) is 0 Å². The molecule has 108 valence electrons. The van der Waals surface area contributed by atoms with E-state index in [2.05, 4.69) is 36.4 Å². The Morgan fingerprint density at radius 2 is 2.10 bits per heavy atom. The summed E-state index contributed by atoms with van der Waals surface area (Å²) in [4.78, 5) is 4.47. The van der Waals surface area contributed by atoms with Crippen LogP contribution in [0.3, 0.4) is 0 Å². The summed E-state index contributed by atoms with van der Waals surface area (Å²) in [6.45, 7) is 5.30. The molecule has 0 radical (unpaired) electrons. The molecule has 20 heavy (non-hydrogen) atoms. The number of nitrogens with zero attached hydrogens (tertiary/aromatic N) is 2. The van der Waals surface area contributed by atoms with Gasteiger partial charge in [-0.1, -0.05) is 45.3 Å². The van der Waals surface area contributed by atoms with E-state index in [9.17, 15) is 0 Å². The van der Waals surface area contributed by atoms with Crippen molar-refractivity contribution in [1.82, 2.24) is 9.66 Å². The maximum atomic E-state index is 5.58. The Labute approximate surface area is 126 Å². The van der Waals surface area contributed by atoms with E-state index >= 15 is 0 Å². The van der Waals surface area contributed by atoms with Crippen LogP contribution in [-0.2, 0) is 6.42 Å². The zero-order valence-electron chi connectivity index (χ0n) is 12.4. The summed E-state index contributed by atoms with van der Waals surface area (Å²) < 4.78 is 2.84. The Morgan fingerprint density at radius 1 is 1.25 bits per heavy atom. The van der Waals surface area contributed by atoms with Gasteiger partial charge in [0.1, 0.15) is 4.64 Å². The van der Waals surface area contributed by atoms with Crippen molar-refractivity contribution in [3.63, 3.8) is 0 Å².